The first-order chi connectivity index (χ1) is 9.80. The molecule has 2 heterocycles. The quantitative estimate of drug-likeness (QED) is 0.862. The monoisotopic (exact) mass is 296 g/mol. The minimum absolute atomic E-state index is 0.0203. The van der Waals surface area contributed by atoms with Gasteiger partial charge in [-0.05, 0) is 39.0 Å². The third kappa shape index (κ3) is 2.93. The highest BCUT2D eigenvalue weighted by molar-refractivity contribution is 5.99. The van der Waals surface area contributed by atoms with Crippen molar-refractivity contribution in [1.29, 1.82) is 0 Å². The van der Waals surface area contributed by atoms with Crippen molar-refractivity contribution >= 4 is 11.8 Å². The molecule has 2 aliphatic rings. The maximum Gasteiger partial charge on any atom is 0.248 e. The van der Waals surface area contributed by atoms with E-state index in [4.69, 9.17) is 4.74 Å². The lowest BCUT2D eigenvalue weighted by Crippen LogP contribution is -2.72. The molecular formula is C16H28N2O3. The van der Waals surface area contributed by atoms with E-state index >= 15 is 0 Å². The average molecular weight is 296 g/mol. The normalized spacial score (nSPS) is 37.8. The van der Waals surface area contributed by atoms with E-state index in [2.05, 4.69) is 5.32 Å². The van der Waals surface area contributed by atoms with Crippen LogP contribution >= 0.6 is 0 Å². The van der Waals surface area contributed by atoms with Gasteiger partial charge in [0.15, 0.2) is 0 Å². The van der Waals surface area contributed by atoms with Crippen LogP contribution in [0, 0.1) is 5.92 Å². The first-order valence-electron chi connectivity index (χ1n) is 8.06. The van der Waals surface area contributed by atoms with E-state index in [1.165, 1.54) is 0 Å². The van der Waals surface area contributed by atoms with Crippen molar-refractivity contribution in [3.63, 3.8) is 0 Å². The summed E-state index contributed by atoms with van der Waals surface area (Å²) in [5.74, 6) is 0.143. The van der Waals surface area contributed by atoms with Crippen LogP contribution in [0.25, 0.3) is 0 Å². The Hall–Kier alpha value is -1.10. The smallest absolute Gasteiger partial charge is 0.248 e. The molecule has 120 valence electrons. The minimum Gasteiger partial charge on any atom is -0.378 e. The lowest BCUT2D eigenvalue weighted by atomic mass is 9.85. The van der Waals surface area contributed by atoms with Crippen LogP contribution in [-0.2, 0) is 14.3 Å². The van der Waals surface area contributed by atoms with Gasteiger partial charge in [0.1, 0.15) is 11.6 Å². The molecule has 21 heavy (non-hydrogen) atoms. The molecule has 4 unspecified atom stereocenters. The Labute approximate surface area is 127 Å². The van der Waals surface area contributed by atoms with E-state index in [1.54, 1.807) is 0 Å². The van der Waals surface area contributed by atoms with Gasteiger partial charge in [-0.2, -0.15) is 0 Å². The summed E-state index contributed by atoms with van der Waals surface area (Å²) in [5, 5.41) is 2.94. The number of carbonyl (C=O) groups is 2. The Morgan fingerprint density at radius 2 is 2.10 bits per heavy atom. The molecular weight excluding hydrogens is 268 g/mol. The molecule has 0 saturated carbocycles. The maximum absolute atomic E-state index is 13.0. The van der Waals surface area contributed by atoms with Gasteiger partial charge in [-0.25, -0.2) is 0 Å². The zero-order valence-electron chi connectivity index (χ0n) is 13.8. The lowest BCUT2D eigenvalue weighted by molar-refractivity contribution is -0.163. The second-order valence-electron chi connectivity index (χ2n) is 6.94. The van der Waals surface area contributed by atoms with Crippen LogP contribution in [0.1, 0.15) is 53.9 Å². The SMILES string of the molecule is CCC1(C)NC(=O)C(C(C)C)N(C2CCOC(C)C2)C1=O. The van der Waals surface area contributed by atoms with E-state index in [1.807, 2.05) is 39.5 Å². The van der Waals surface area contributed by atoms with Crippen molar-refractivity contribution < 1.29 is 14.3 Å². The molecule has 0 radical (unpaired) electrons. The summed E-state index contributed by atoms with van der Waals surface area (Å²) in [6.07, 6.45) is 2.37. The van der Waals surface area contributed by atoms with Gasteiger partial charge in [0.05, 0.1) is 6.10 Å². The number of carbonyl (C=O) groups excluding carboxylic acids is 2. The van der Waals surface area contributed by atoms with Crippen molar-refractivity contribution in [2.45, 2.75) is 77.6 Å². The molecule has 0 spiro atoms. The van der Waals surface area contributed by atoms with Crippen LogP contribution < -0.4 is 5.32 Å². The van der Waals surface area contributed by atoms with Gasteiger partial charge in [-0.15, -0.1) is 0 Å². The third-order valence-electron chi connectivity index (χ3n) is 4.86. The summed E-state index contributed by atoms with van der Waals surface area (Å²) >= 11 is 0. The predicted molar refractivity (Wildman–Crippen MR) is 80.7 cm³/mol. The van der Waals surface area contributed by atoms with Gasteiger partial charge in [0.2, 0.25) is 11.8 Å². The van der Waals surface area contributed by atoms with Gasteiger partial charge in [0.25, 0.3) is 0 Å². The van der Waals surface area contributed by atoms with E-state index in [-0.39, 0.29) is 35.9 Å². The first kappa shape index (κ1) is 16.3. The van der Waals surface area contributed by atoms with Crippen molar-refractivity contribution in [1.82, 2.24) is 10.2 Å². The molecule has 0 aromatic carbocycles. The number of hydrogen-bond donors (Lipinski definition) is 1. The second-order valence-corrected chi connectivity index (χ2v) is 6.94. The lowest BCUT2D eigenvalue weighted by Gasteiger charge is -2.50. The van der Waals surface area contributed by atoms with Crippen molar-refractivity contribution in [3.05, 3.63) is 0 Å². The molecule has 0 bridgehead atoms. The topological polar surface area (TPSA) is 58.6 Å². The molecule has 2 fully saturated rings. The Morgan fingerprint density at radius 1 is 1.43 bits per heavy atom. The predicted octanol–water partition coefficient (Wildman–Crippen LogP) is 1.71. The molecule has 5 heteroatoms. The Balaban J connectivity index is 2.34. The molecule has 2 amide bonds. The number of ether oxygens (including phenoxy) is 1. The zero-order valence-corrected chi connectivity index (χ0v) is 13.8. The summed E-state index contributed by atoms with van der Waals surface area (Å²) in [6.45, 7) is 10.5. The summed E-state index contributed by atoms with van der Waals surface area (Å²) in [7, 11) is 0. The highest BCUT2D eigenvalue weighted by Gasteiger charge is 2.50. The molecule has 0 aromatic heterocycles. The van der Waals surface area contributed by atoms with E-state index in [0.29, 0.717) is 13.0 Å². The van der Waals surface area contributed by atoms with Crippen molar-refractivity contribution in [3.8, 4) is 0 Å². The van der Waals surface area contributed by atoms with Crippen LogP contribution in [0.2, 0.25) is 0 Å². The summed E-state index contributed by atoms with van der Waals surface area (Å²) < 4.78 is 5.60. The molecule has 5 nitrogen and oxygen atoms in total. The van der Waals surface area contributed by atoms with Crippen LogP contribution in [0.4, 0.5) is 0 Å². The molecule has 2 rings (SSSR count). The van der Waals surface area contributed by atoms with E-state index in [0.717, 1.165) is 12.8 Å². The summed E-state index contributed by atoms with van der Waals surface area (Å²) in [4.78, 5) is 27.4. The van der Waals surface area contributed by atoms with Gasteiger partial charge in [-0.3, -0.25) is 9.59 Å². The largest absolute Gasteiger partial charge is 0.378 e. The van der Waals surface area contributed by atoms with Gasteiger partial charge in [-0.1, -0.05) is 20.8 Å². The average Bonchev–Trinajstić information content (AvgIpc) is 2.42. The highest BCUT2D eigenvalue weighted by atomic mass is 16.5. The van der Waals surface area contributed by atoms with Gasteiger partial charge < -0.3 is 15.0 Å². The molecule has 2 saturated heterocycles. The maximum atomic E-state index is 13.0. The highest BCUT2D eigenvalue weighted by Crippen LogP contribution is 2.31. The second kappa shape index (κ2) is 5.95. The standard InChI is InChI=1S/C16H28N2O3/c1-6-16(5)15(20)18(12-7-8-21-11(4)9-12)13(10(2)3)14(19)17-16/h10-13H,6-9H2,1-5H3,(H,17,19). The number of nitrogens with one attached hydrogen (secondary N) is 1. The molecule has 1 N–H and O–H groups in total. The fourth-order valence-corrected chi connectivity index (χ4v) is 3.42. The van der Waals surface area contributed by atoms with Crippen LogP contribution in [0.5, 0.6) is 0 Å². The fraction of sp³-hybridized carbons (Fsp3) is 0.875. The number of nitrogens with zero attached hydrogens (tertiary/aromatic N) is 1. The van der Waals surface area contributed by atoms with E-state index in [9.17, 15) is 9.59 Å². The Bertz CT molecular complexity index is 424. The number of amides is 2. The molecule has 2 aliphatic heterocycles. The fourth-order valence-electron chi connectivity index (χ4n) is 3.42. The molecule has 4 atom stereocenters. The number of hydrogen-bond acceptors (Lipinski definition) is 3. The zero-order chi connectivity index (χ0) is 15.8. The van der Waals surface area contributed by atoms with Crippen LogP contribution in [0.3, 0.4) is 0 Å². The Morgan fingerprint density at radius 3 is 2.62 bits per heavy atom. The van der Waals surface area contributed by atoms with Gasteiger partial charge in [0, 0.05) is 12.6 Å². The minimum atomic E-state index is -0.774. The van der Waals surface area contributed by atoms with Crippen molar-refractivity contribution in [2.75, 3.05) is 6.61 Å². The van der Waals surface area contributed by atoms with Gasteiger partial charge >= 0.3 is 0 Å². The first-order valence-corrected chi connectivity index (χ1v) is 8.06. The Kier molecular flexibility index (Phi) is 4.61. The number of piperazine rings is 1. The molecule has 0 aromatic rings. The van der Waals surface area contributed by atoms with Crippen LogP contribution in [-0.4, -0.2) is 47.0 Å². The van der Waals surface area contributed by atoms with E-state index < -0.39 is 5.54 Å². The van der Waals surface area contributed by atoms with Crippen molar-refractivity contribution in [2.24, 2.45) is 5.92 Å². The molecule has 0 aliphatic carbocycles. The summed E-state index contributed by atoms with van der Waals surface area (Å²) in [5.41, 5.74) is -0.774. The van der Waals surface area contributed by atoms with Crippen LogP contribution in [0.15, 0.2) is 0 Å². The number of rotatable bonds is 3. The summed E-state index contributed by atoms with van der Waals surface area (Å²) in [6, 6.07) is -0.266. The third-order valence-corrected chi connectivity index (χ3v) is 4.86.